The molecule has 2 aromatic carbocycles. The van der Waals surface area contributed by atoms with Crippen molar-refractivity contribution in [3.63, 3.8) is 0 Å². The van der Waals surface area contributed by atoms with Gasteiger partial charge in [0.2, 0.25) is 0 Å². The zero-order valence-corrected chi connectivity index (χ0v) is 16.5. The number of carbonyl (C=O) groups excluding carboxylic acids is 1. The van der Waals surface area contributed by atoms with E-state index in [1.165, 1.54) is 0 Å². The number of carbonyl (C=O) groups is 1. The van der Waals surface area contributed by atoms with Crippen LogP contribution in [0.4, 0.5) is 0 Å². The molecule has 2 aromatic heterocycles. The second kappa shape index (κ2) is 7.36. The van der Waals surface area contributed by atoms with Crippen LogP contribution < -0.4 is 10.9 Å². The van der Waals surface area contributed by atoms with Crippen molar-refractivity contribution in [2.75, 3.05) is 0 Å². The molecule has 4 aromatic rings. The van der Waals surface area contributed by atoms with E-state index in [1.54, 1.807) is 22.9 Å². The van der Waals surface area contributed by atoms with Crippen molar-refractivity contribution in [1.29, 1.82) is 0 Å². The van der Waals surface area contributed by atoms with Crippen molar-refractivity contribution in [2.24, 2.45) is 0 Å². The van der Waals surface area contributed by atoms with Gasteiger partial charge in [-0.2, -0.15) is 13.8 Å². The van der Waals surface area contributed by atoms with Crippen LogP contribution in [0.5, 0.6) is 0 Å². The number of benzene rings is 2. The number of nitrogens with zero attached hydrogens (tertiary/aromatic N) is 4. The van der Waals surface area contributed by atoms with Gasteiger partial charge in [0.1, 0.15) is 11.0 Å². The lowest BCUT2D eigenvalue weighted by Crippen LogP contribution is -2.30. The van der Waals surface area contributed by atoms with Gasteiger partial charge in [0.05, 0.1) is 35.4 Å². The van der Waals surface area contributed by atoms with Crippen molar-refractivity contribution in [3.8, 4) is 0 Å². The van der Waals surface area contributed by atoms with Gasteiger partial charge in [-0.3, -0.25) is 9.59 Å². The quantitative estimate of drug-likeness (QED) is 0.562. The summed E-state index contributed by atoms with van der Waals surface area (Å²) in [5.41, 5.74) is 2.67. The Hall–Kier alpha value is -3.13. The molecule has 0 unspecified atom stereocenters. The Morgan fingerprint density at radius 2 is 1.83 bits per heavy atom. The Bertz CT molecular complexity index is 1270. The molecular weight excluding hydrogens is 386 g/mol. The lowest BCUT2D eigenvalue weighted by molar-refractivity contribution is 0.0950. The summed E-state index contributed by atoms with van der Waals surface area (Å²) >= 11 is 1.13. The van der Waals surface area contributed by atoms with E-state index in [4.69, 9.17) is 0 Å². The Labute approximate surface area is 170 Å². The van der Waals surface area contributed by atoms with Crippen LogP contribution >= 0.6 is 11.7 Å². The third-order valence-corrected chi connectivity index (χ3v) is 6.06. The zero-order valence-electron chi connectivity index (χ0n) is 15.7. The summed E-state index contributed by atoms with van der Waals surface area (Å²) < 4.78 is 9.97. The van der Waals surface area contributed by atoms with Crippen molar-refractivity contribution >= 4 is 39.4 Å². The van der Waals surface area contributed by atoms with Gasteiger partial charge >= 0.3 is 0 Å². The molecule has 5 rings (SSSR count). The fraction of sp³-hybridized carbons (Fsp3) is 0.286. The summed E-state index contributed by atoms with van der Waals surface area (Å²) in [4.78, 5) is 25.6. The predicted molar refractivity (Wildman–Crippen MR) is 112 cm³/mol. The monoisotopic (exact) mass is 405 g/mol. The summed E-state index contributed by atoms with van der Waals surface area (Å²) in [6.45, 7) is 0.250. The number of aromatic nitrogens is 4. The van der Waals surface area contributed by atoms with E-state index < -0.39 is 0 Å². The number of hydrogen-bond donors (Lipinski definition) is 1. The number of hydrogen-bond acceptors (Lipinski definition) is 6. The molecule has 8 heteroatoms. The summed E-state index contributed by atoms with van der Waals surface area (Å²) in [7, 11) is 0. The Kier molecular flexibility index (Phi) is 4.55. The van der Waals surface area contributed by atoms with Gasteiger partial charge < -0.3 is 5.32 Å². The number of fused-ring (bicyclic) bond motifs is 2. The molecule has 29 heavy (non-hydrogen) atoms. The molecule has 1 aliphatic rings. The number of rotatable bonds is 4. The normalized spacial score (nSPS) is 14.6. The minimum absolute atomic E-state index is 0.0518. The second-order valence-electron chi connectivity index (χ2n) is 7.33. The average Bonchev–Trinajstić information content (AvgIpc) is 3.44. The highest BCUT2D eigenvalue weighted by atomic mass is 32.1. The van der Waals surface area contributed by atoms with Crippen LogP contribution in [0.1, 0.15) is 47.8 Å². The highest BCUT2D eigenvalue weighted by molar-refractivity contribution is 7.00. The van der Waals surface area contributed by atoms with Gasteiger partial charge in [0, 0.05) is 10.9 Å². The standard InChI is InChI=1S/C21H19N5O2S/c27-20(13-9-10-17-18(11-13)25-29-24-17)22-12-19-15-7-3-4-8-16(15)21(28)26(23-19)14-5-1-2-6-14/h3-4,7-11,14H,1-2,5-6,12H2,(H,22,27). The molecule has 0 spiro atoms. The van der Waals surface area contributed by atoms with E-state index >= 15 is 0 Å². The van der Waals surface area contributed by atoms with E-state index in [9.17, 15) is 9.59 Å². The molecule has 0 radical (unpaired) electrons. The third kappa shape index (κ3) is 3.29. The minimum Gasteiger partial charge on any atom is -0.346 e. The molecule has 0 aliphatic heterocycles. The lowest BCUT2D eigenvalue weighted by Gasteiger charge is -2.16. The first-order chi connectivity index (χ1) is 14.2. The summed E-state index contributed by atoms with van der Waals surface area (Å²) in [6, 6.07) is 12.9. The van der Waals surface area contributed by atoms with Crippen molar-refractivity contribution in [2.45, 2.75) is 38.3 Å². The smallest absolute Gasteiger partial charge is 0.274 e. The molecule has 0 saturated heterocycles. The molecule has 146 valence electrons. The van der Waals surface area contributed by atoms with Gasteiger partial charge in [-0.1, -0.05) is 31.0 Å². The van der Waals surface area contributed by atoms with Gasteiger partial charge in [0.25, 0.3) is 11.5 Å². The van der Waals surface area contributed by atoms with Gasteiger partial charge in [-0.25, -0.2) is 4.68 Å². The topological polar surface area (TPSA) is 89.8 Å². The fourth-order valence-corrected chi connectivity index (χ4v) is 4.51. The highest BCUT2D eigenvalue weighted by Crippen LogP contribution is 2.28. The summed E-state index contributed by atoms with van der Waals surface area (Å²) in [5, 5.41) is 9.03. The van der Waals surface area contributed by atoms with Crippen molar-refractivity contribution in [1.82, 2.24) is 23.8 Å². The molecule has 7 nitrogen and oxygen atoms in total. The molecule has 0 atom stereocenters. The maximum atomic E-state index is 12.9. The van der Waals surface area contributed by atoms with Gasteiger partial charge in [0.15, 0.2) is 0 Å². The van der Waals surface area contributed by atoms with Gasteiger partial charge in [-0.05, 0) is 37.1 Å². The average molecular weight is 405 g/mol. The molecule has 0 bridgehead atoms. The van der Waals surface area contributed by atoms with Crippen LogP contribution in [0.3, 0.4) is 0 Å². The van der Waals surface area contributed by atoms with Crippen LogP contribution in [0.2, 0.25) is 0 Å². The van der Waals surface area contributed by atoms with Crippen LogP contribution in [0.15, 0.2) is 47.3 Å². The van der Waals surface area contributed by atoms with Crippen LogP contribution in [0.25, 0.3) is 21.8 Å². The van der Waals surface area contributed by atoms with Crippen LogP contribution in [-0.4, -0.2) is 24.4 Å². The molecule has 2 heterocycles. The lowest BCUT2D eigenvalue weighted by atomic mass is 10.1. The summed E-state index contributed by atoms with van der Waals surface area (Å²) in [6.07, 6.45) is 4.18. The Morgan fingerprint density at radius 1 is 1.07 bits per heavy atom. The van der Waals surface area contributed by atoms with Crippen molar-refractivity contribution < 1.29 is 4.79 Å². The third-order valence-electron chi connectivity index (χ3n) is 5.51. The number of nitrogens with one attached hydrogen (secondary N) is 1. The molecule has 1 aliphatic carbocycles. The van der Waals surface area contributed by atoms with Crippen molar-refractivity contribution in [3.05, 3.63) is 64.1 Å². The maximum absolute atomic E-state index is 12.9. The highest BCUT2D eigenvalue weighted by Gasteiger charge is 2.21. The van der Waals surface area contributed by atoms with E-state index in [2.05, 4.69) is 19.2 Å². The van der Waals surface area contributed by atoms with E-state index in [-0.39, 0.29) is 24.1 Å². The molecule has 1 fully saturated rings. The predicted octanol–water partition coefficient (Wildman–Crippen LogP) is 3.45. The molecule has 1 saturated carbocycles. The largest absolute Gasteiger partial charge is 0.346 e. The van der Waals surface area contributed by atoms with Crippen LogP contribution in [-0.2, 0) is 6.54 Å². The van der Waals surface area contributed by atoms with E-state index in [1.807, 2.05) is 24.3 Å². The Balaban J connectivity index is 1.46. The van der Waals surface area contributed by atoms with Gasteiger partial charge in [-0.15, -0.1) is 0 Å². The first kappa shape index (κ1) is 17.9. The fourth-order valence-electron chi connectivity index (χ4n) is 3.99. The molecular formula is C21H19N5O2S. The first-order valence-electron chi connectivity index (χ1n) is 9.72. The van der Waals surface area contributed by atoms with E-state index in [0.717, 1.165) is 48.3 Å². The van der Waals surface area contributed by atoms with Crippen LogP contribution in [0, 0.1) is 0 Å². The SMILES string of the molecule is O=C(NCc1nn(C2CCCC2)c(=O)c2ccccc12)c1ccc2nsnc2c1. The molecule has 1 N–H and O–H groups in total. The zero-order chi connectivity index (χ0) is 19.8. The van der Waals surface area contributed by atoms with E-state index in [0.29, 0.717) is 22.2 Å². The summed E-state index contributed by atoms with van der Waals surface area (Å²) in [5.74, 6) is -0.204. The maximum Gasteiger partial charge on any atom is 0.274 e. The minimum atomic E-state index is -0.204. The molecule has 1 amide bonds. The number of amides is 1. The first-order valence-corrected chi connectivity index (χ1v) is 10.4. The Morgan fingerprint density at radius 3 is 2.66 bits per heavy atom. The second-order valence-corrected chi connectivity index (χ2v) is 7.86.